The minimum Gasteiger partial charge on any atom is -0.314 e. The first kappa shape index (κ1) is 11.1. The van der Waals surface area contributed by atoms with Crippen LogP contribution in [0, 0.1) is 6.92 Å². The summed E-state index contributed by atoms with van der Waals surface area (Å²) in [5, 5.41) is 2.49. The molecule has 0 amide bonds. The van der Waals surface area contributed by atoms with Crippen molar-refractivity contribution in [1.29, 1.82) is 0 Å². The highest BCUT2D eigenvalue weighted by Crippen LogP contribution is 2.19. The largest absolute Gasteiger partial charge is 0.314 e. The number of hydrogen-bond acceptors (Lipinski definition) is 1. The van der Waals surface area contributed by atoms with Crippen LogP contribution in [-0.2, 0) is 6.42 Å². The summed E-state index contributed by atoms with van der Waals surface area (Å²) < 4.78 is 26.4. The number of halogens is 2. The van der Waals surface area contributed by atoms with Crippen LogP contribution in [0.3, 0.4) is 0 Å². The van der Waals surface area contributed by atoms with E-state index >= 15 is 0 Å². The lowest BCUT2D eigenvalue weighted by atomic mass is 10.1. The van der Waals surface area contributed by atoms with Crippen LogP contribution in [0.2, 0.25) is 0 Å². The van der Waals surface area contributed by atoms with Crippen LogP contribution < -0.4 is 5.32 Å². The maximum atomic E-state index is 13.2. The zero-order valence-electron chi connectivity index (χ0n) is 8.48. The molecule has 0 saturated heterocycles. The standard InChI is InChI=1S/C11H15F2N/c1-9-4-3-5-10(6-9)7-11(12,13)8-14-2/h3-6,14H,7-8H2,1-2H3. The fourth-order valence-corrected chi connectivity index (χ4v) is 1.44. The van der Waals surface area contributed by atoms with E-state index in [-0.39, 0.29) is 13.0 Å². The molecule has 14 heavy (non-hydrogen) atoms. The van der Waals surface area contributed by atoms with Crippen molar-refractivity contribution < 1.29 is 8.78 Å². The molecule has 0 spiro atoms. The van der Waals surface area contributed by atoms with Gasteiger partial charge in [-0.05, 0) is 19.5 Å². The number of benzene rings is 1. The second-order valence-corrected chi connectivity index (χ2v) is 3.55. The molecule has 0 radical (unpaired) electrons. The lowest BCUT2D eigenvalue weighted by molar-refractivity contribution is 0.00450. The van der Waals surface area contributed by atoms with Crippen LogP contribution >= 0.6 is 0 Å². The third kappa shape index (κ3) is 3.42. The van der Waals surface area contributed by atoms with E-state index in [2.05, 4.69) is 5.32 Å². The van der Waals surface area contributed by atoms with Crippen LogP contribution in [0.25, 0.3) is 0 Å². The summed E-state index contributed by atoms with van der Waals surface area (Å²) in [5.74, 6) is -2.66. The third-order valence-corrected chi connectivity index (χ3v) is 1.98. The molecular weight excluding hydrogens is 184 g/mol. The van der Waals surface area contributed by atoms with Gasteiger partial charge in [0.2, 0.25) is 0 Å². The second kappa shape index (κ2) is 4.51. The van der Waals surface area contributed by atoms with Crippen molar-refractivity contribution in [3.05, 3.63) is 35.4 Å². The molecule has 0 bridgehead atoms. The van der Waals surface area contributed by atoms with Crippen molar-refractivity contribution in [2.75, 3.05) is 13.6 Å². The summed E-state index contributed by atoms with van der Waals surface area (Å²) in [7, 11) is 1.53. The van der Waals surface area contributed by atoms with E-state index in [9.17, 15) is 8.78 Å². The van der Waals surface area contributed by atoms with Crippen LogP contribution in [0.4, 0.5) is 8.78 Å². The van der Waals surface area contributed by atoms with E-state index in [4.69, 9.17) is 0 Å². The van der Waals surface area contributed by atoms with Crippen LogP contribution in [-0.4, -0.2) is 19.5 Å². The summed E-state index contributed by atoms with van der Waals surface area (Å²) in [6, 6.07) is 7.24. The first-order valence-corrected chi connectivity index (χ1v) is 4.61. The molecule has 78 valence electrons. The Morgan fingerprint density at radius 2 is 2.07 bits per heavy atom. The van der Waals surface area contributed by atoms with Gasteiger partial charge in [-0.15, -0.1) is 0 Å². The molecule has 0 aliphatic carbocycles. The molecule has 0 aliphatic heterocycles. The molecule has 1 nitrogen and oxygen atoms in total. The molecule has 0 atom stereocenters. The van der Waals surface area contributed by atoms with Gasteiger partial charge >= 0.3 is 0 Å². The number of aryl methyl sites for hydroxylation is 1. The van der Waals surface area contributed by atoms with Gasteiger partial charge in [-0.3, -0.25) is 0 Å². The Kier molecular flexibility index (Phi) is 3.58. The molecular formula is C11H15F2N. The minimum atomic E-state index is -2.66. The summed E-state index contributed by atoms with van der Waals surface area (Å²) in [6.07, 6.45) is -0.199. The first-order valence-electron chi connectivity index (χ1n) is 4.61. The molecule has 0 aliphatic rings. The Morgan fingerprint density at radius 1 is 1.36 bits per heavy atom. The Balaban J connectivity index is 2.68. The third-order valence-electron chi connectivity index (χ3n) is 1.98. The fourth-order valence-electron chi connectivity index (χ4n) is 1.44. The average Bonchev–Trinajstić information content (AvgIpc) is 2.02. The Labute approximate surface area is 83.1 Å². The van der Waals surface area contributed by atoms with Gasteiger partial charge < -0.3 is 5.32 Å². The molecule has 1 aromatic rings. The zero-order chi connectivity index (χ0) is 10.6. The monoisotopic (exact) mass is 199 g/mol. The first-order chi connectivity index (χ1) is 6.53. The highest BCUT2D eigenvalue weighted by atomic mass is 19.3. The van der Waals surface area contributed by atoms with E-state index in [0.29, 0.717) is 5.56 Å². The summed E-state index contributed by atoms with van der Waals surface area (Å²) in [6.45, 7) is 1.63. The Morgan fingerprint density at radius 3 is 2.64 bits per heavy atom. The Bertz CT molecular complexity index is 297. The number of hydrogen-bond donors (Lipinski definition) is 1. The highest BCUT2D eigenvalue weighted by Gasteiger charge is 2.27. The van der Waals surface area contributed by atoms with E-state index in [1.807, 2.05) is 13.0 Å². The van der Waals surface area contributed by atoms with Gasteiger partial charge in [0.05, 0.1) is 6.54 Å². The lowest BCUT2D eigenvalue weighted by Gasteiger charge is -2.15. The molecule has 0 fully saturated rings. The van der Waals surface area contributed by atoms with Gasteiger partial charge in [0.1, 0.15) is 0 Å². The smallest absolute Gasteiger partial charge is 0.264 e. The van der Waals surface area contributed by atoms with E-state index < -0.39 is 5.92 Å². The van der Waals surface area contributed by atoms with Gasteiger partial charge in [-0.2, -0.15) is 0 Å². The van der Waals surface area contributed by atoms with Crippen LogP contribution in [0.15, 0.2) is 24.3 Å². The summed E-state index contributed by atoms with van der Waals surface area (Å²) >= 11 is 0. The topological polar surface area (TPSA) is 12.0 Å². The zero-order valence-corrected chi connectivity index (χ0v) is 8.48. The van der Waals surface area contributed by atoms with Crippen LogP contribution in [0.5, 0.6) is 0 Å². The van der Waals surface area contributed by atoms with E-state index in [0.717, 1.165) is 5.56 Å². The molecule has 1 rings (SSSR count). The van der Waals surface area contributed by atoms with Crippen molar-refractivity contribution in [2.45, 2.75) is 19.3 Å². The normalized spacial score (nSPS) is 11.7. The summed E-state index contributed by atoms with van der Waals surface area (Å²) in [5.41, 5.74) is 1.70. The minimum absolute atomic E-state index is 0.199. The lowest BCUT2D eigenvalue weighted by Crippen LogP contribution is -2.32. The molecule has 0 saturated carbocycles. The van der Waals surface area contributed by atoms with Crippen molar-refractivity contribution in [2.24, 2.45) is 0 Å². The van der Waals surface area contributed by atoms with Crippen LogP contribution in [0.1, 0.15) is 11.1 Å². The Hall–Kier alpha value is -0.960. The molecule has 0 unspecified atom stereocenters. The molecule has 1 aromatic carbocycles. The number of alkyl halides is 2. The predicted octanol–water partition coefficient (Wildman–Crippen LogP) is 2.39. The maximum absolute atomic E-state index is 13.2. The number of rotatable bonds is 4. The van der Waals surface area contributed by atoms with E-state index in [1.54, 1.807) is 18.2 Å². The quantitative estimate of drug-likeness (QED) is 0.785. The van der Waals surface area contributed by atoms with Gasteiger partial charge in [0.25, 0.3) is 5.92 Å². The average molecular weight is 199 g/mol. The van der Waals surface area contributed by atoms with Crippen molar-refractivity contribution in [3.8, 4) is 0 Å². The van der Waals surface area contributed by atoms with Crippen molar-refractivity contribution in [3.63, 3.8) is 0 Å². The molecule has 0 aromatic heterocycles. The maximum Gasteiger partial charge on any atom is 0.264 e. The predicted molar refractivity (Wildman–Crippen MR) is 53.8 cm³/mol. The number of nitrogens with one attached hydrogen (secondary N) is 1. The van der Waals surface area contributed by atoms with Gasteiger partial charge in [-0.1, -0.05) is 29.8 Å². The SMILES string of the molecule is CNCC(F)(F)Cc1cccc(C)c1. The fraction of sp³-hybridized carbons (Fsp3) is 0.455. The molecule has 1 N–H and O–H groups in total. The van der Waals surface area contributed by atoms with Crippen molar-refractivity contribution in [1.82, 2.24) is 5.32 Å². The highest BCUT2D eigenvalue weighted by molar-refractivity contribution is 5.23. The second-order valence-electron chi connectivity index (χ2n) is 3.55. The molecule has 0 heterocycles. The van der Waals surface area contributed by atoms with Gasteiger partial charge in [-0.25, -0.2) is 8.78 Å². The summed E-state index contributed by atoms with van der Waals surface area (Å²) in [4.78, 5) is 0. The molecule has 3 heteroatoms. The van der Waals surface area contributed by atoms with Gasteiger partial charge in [0.15, 0.2) is 0 Å². The van der Waals surface area contributed by atoms with Crippen molar-refractivity contribution >= 4 is 0 Å². The van der Waals surface area contributed by atoms with E-state index in [1.165, 1.54) is 7.05 Å². The van der Waals surface area contributed by atoms with Gasteiger partial charge in [0, 0.05) is 6.42 Å².